The summed E-state index contributed by atoms with van der Waals surface area (Å²) in [5.74, 6) is 1.86. The van der Waals surface area contributed by atoms with Crippen LogP contribution in [0.3, 0.4) is 0 Å². The van der Waals surface area contributed by atoms with Crippen LogP contribution in [0.5, 0.6) is 23.0 Å². The van der Waals surface area contributed by atoms with Crippen molar-refractivity contribution in [1.82, 2.24) is 5.01 Å². The Balaban J connectivity index is 1.29. The zero-order chi connectivity index (χ0) is 27.4. The van der Waals surface area contributed by atoms with E-state index in [1.807, 2.05) is 24.3 Å². The number of nitrogens with one attached hydrogen (secondary N) is 1. The molecule has 9 nitrogen and oxygen atoms in total. The largest absolute Gasteiger partial charge is 0.493 e. The predicted molar refractivity (Wildman–Crippen MR) is 154 cm³/mol. The number of rotatable bonds is 9. The Hall–Kier alpha value is -3.50. The van der Waals surface area contributed by atoms with Gasteiger partial charge in [0, 0.05) is 5.92 Å². The van der Waals surface area contributed by atoms with Crippen molar-refractivity contribution < 1.29 is 23.7 Å². The molecule has 0 unspecified atom stereocenters. The van der Waals surface area contributed by atoms with Crippen molar-refractivity contribution in [2.75, 3.05) is 27.4 Å². The summed E-state index contributed by atoms with van der Waals surface area (Å²) in [6, 6.07) is 10.7. The number of hydrazone groups is 1. The van der Waals surface area contributed by atoms with Gasteiger partial charge in [-0.05, 0) is 60.5 Å². The van der Waals surface area contributed by atoms with E-state index in [2.05, 4.69) is 10.1 Å². The Kier molecular flexibility index (Phi) is 8.42. The van der Waals surface area contributed by atoms with Crippen molar-refractivity contribution in [3.05, 3.63) is 52.6 Å². The summed E-state index contributed by atoms with van der Waals surface area (Å²) in [7, 11) is 3.09. The third kappa shape index (κ3) is 5.91. The van der Waals surface area contributed by atoms with E-state index in [9.17, 15) is 4.79 Å². The van der Waals surface area contributed by atoms with Crippen LogP contribution in [0.1, 0.15) is 37.7 Å². The van der Waals surface area contributed by atoms with Crippen LogP contribution >= 0.6 is 23.4 Å². The van der Waals surface area contributed by atoms with Crippen molar-refractivity contribution in [3.8, 4) is 23.0 Å². The number of halogens is 1. The van der Waals surface area contributed by atoms with Gasteiger partial charge in [-0.3, -0.25) is 10.2 Å². The lowest BCUT2D eigenvalue weighted by Crippen LogP contribution is -2.35. The number of nitrogens with zero attached hydrogens (tertiary/aromatic N) is 3. The molecule has 0 saturated heterocycles. The second-order valence-electron chi connectivity index (χ2n) is 9.18. The zero-order valence-corrected chi connectivity index (χ0v) is 23.3. The van der Waals surface area contributed by atoms with Crippen molar-refractivity contribution in [2.24, 2.45) is 16.0 Å². The number of methoxy groups -OCH3 is 2. The van der Waals surface area contributed by atoms with Gasteiger partial charge in [0.1, 0.15) is 18.3 Å². The molecule has 2 aromatic rings. The summed E-state index contributed by atoms with van der Waals surface area (Å²) in [4.78, 5) is 17.1. The van der Waals surface area contributed by atoms with Crippen LogP contribution < -0.4 is 18.9 Å². The van der Waals surface area contributed by atoms with Crippen molar-refractivity contribution in [2.45, 2.75) is 32.1 Å². The molecule has 2 heterocycles. The number of para-hydroxylation sites is 2. The Bertz CT molecular complexity index is 1370. The van der Waals surface area contributed by atoms with Gasteiger partial charge in [0.2, 0.25) is 5.17 Å². The second-order valence-corrected chi connectivity index (χ2v) is 10.6. The molecular weight excluding hydrogens is 540 g/mol. The molecular formula is C28H29ClN4O5S. The highest BCUT2D eigenvalue weighted by Gasteiger charge is 2.38. The molecule has 39 heavy (non-hydrogen) atoms. The van der Waals surface area contributed by atoms with E-state index >= 15 is 0 Å². The van der Waals surface area contributed by atoms with Gasteiger partial charge in [-0.1, -0.05) is 43.0 Å². The zero-order valence-electron chi connectivity index (χ0n) is 21.7. The summed E-state index contributed by atoms with van der Waals surface area (Å²) in [5.41, 5.74) is 0.703. The number of amidine groups is 2. The number of aliphatic imine (C=N–C) groups is 1. The fourth-order valence-corrected chi connectivity index (χ4v) is 6.02. The van der Waals surface area contributed by atoms with Crippen molar-refractivity contribution in [1.29, 1.82) is 5.41 Å². The van der Waals surface area contributed by atoms with E-state index in [0.717, 1.165) is 17.9 Å². The normalized spacial score (nSPS) is 18.5. The topological polar surface area (TPSA) is 106 Å². The highest BCUT2D eigenvalue weighted by Crippen LogP contribution is 2.39. The first-order chi connectivity index (χ1) is 19.0. The van der Waals surface area contributed by atoms with E-state index in [4.69, 9.17) is 36.0 Å². The smallest absolute Gasteiger partial charge is 0.283 e. The molecule has 0 spiro atoms. The predicted octanol–water partition coefficient (Wildman–Crippen LogP) is 6.01. The third-order valence-electron chi connectivity index (χ3n) is 6.64. The minimum Gasteiger partial charge on any atom is -0.493 e. The first kappa shape index (κ1) is 27.1. The molecule has 1 aliphatic carbocycles. The van der Waals surface area contributed by atoms with Crippen LogP contribution in [0.15, 0.2) is 52.1 Å². The van der Waals surface area contributed by atoms with E-state index in [0.29, 0.717) is 44.7 Å². The Morgan fingerprint density at radius 1 is 1.05 bits per heavy atom. The maximum absolute atomic E-state index is 12.9. The van der Waals surface area contributed by atoms with Gasteiger partial charge in [-0.25, -0.2) is 0 Å². The number of benzene rings is 2. The lowest BCUT2D eigenvalue weighted by atomic mass is 9.90. The number of hydrogen-bond donors (Lipinski definition) is 1. The summed E-state index contributed by atoms with van der Waals surface area (Å²) in [6.07, 6.45) is 7.33. The number of ether oxygens (including phenoxy) is 4. The molecule has 0 bridgehead atoms. The summed E-state index contributed by atoms with van der Waals surface area (Å²) in [6.45, 7) is 0.470. The van der Waals surface area contributed by atoms with Crippen LogP contribution in [0, 0.1) is 11.3 Å². The number of carbonyl (C=O) groups is 1. The van der Waals surface area contributed by atoms with Crippen molar-refractivity contribution in [3.63, 3.8) is 0 Å². The fourth-order valence-electron chi connectivity index (χ4n) is 4.68. The molecule has 2 aliphatic heterocycles. The first-order valence-corrected chi connectivity index (χ1v) is 13.9. The van der Waals surface area contributed by atoms with E-state index in [-0.39, 0.29) is 24.6 Å². The van der Waals surface area contributed by atoms with Gasteiger partial charge in [-0.15, -0.1) is 0 Å². The molecule has 1 amide bonds. The van der Waals surface area contributed by atoms with Gasteiger partial charge in [0.25, 0.3) is 5.91 Å². The monoisotopic (exact) mass is 568 g/mol. The number of thioether (sulfide) groups is 1. The summed E-state index contributed by atoms with van der Waals surface area (Å²) in [5, 5.41) is 16.5. The molecule has 1 saturated carbocycles. The van der Waals surface area contributed by atoms with Gasteiger partial charge in [-0.2, -0.15) is 15.1 Å². The van der Waals surface area contributed by atoms with Crippen LogP contribution in [0.2, 0.25) is 5.02 Å². The number of amides is 1. The van der Waals surface area contributed by atoms with E-state index < -0.39 is 5.91 Å². The average molecular weight is 569 g/mol. The van der Waals surface area contributed by atoms with Crippen LogP contribution in [-0.2, 0) is 4.79 Å². The molecule has 0 atom stereocenters. The lowest BCUT2D eigenvalue weighted by Gasteiger charge is -2.20. The maximum atomic E-state index is 12.9. The second kappa shape index (κ2) is 12.1. The Labute approximate surface area is 236 Å². The van der Waals surface area contributed by atoms with Gasteiger partial charge < -0.3 is 18.9 Å². The molecule has 5 rings (SSSR count). The maximum Gasteiger partial charge on any atom is 0.283 e. The van der Waals surface area contributed by atoms with Crippen LogP contribution in [0.4, 0.5) is 0 Å². The molecule has 2 aromatic carbocycles. The number of fused-ring (bicyclic) bond motifs is 1. The standard InChI is InChI=1S/C28H29ClN4O5S/c1-35-21-10-6-7-11-22(21)37-12-13-38-24-20(29)15-17(16-23(24)36-2)14-19-25(30)33-28(31-26(19)34)39-27(32-33)18-8-4-3-5-9-18/h6-7,10-11,14-16,18,30H,3-5,8-9,12-13H2,1-2H3/b19-14-,30-25?. The number of carbonyl (C=O) groups excluding carboxylic acids is 1. The van der Waals surface area contributed by atoms with Crippen LogP contribution in [-0.4, -0.2) is 54.4 Å². The SMILES string of the molecule is COc1ccccc1OCCOc1c(Cl)cc(/C=C2/C(=N)N3N=C(C4CCCCC4)SC3=NC2=O)cc1OC. The average Bonchev–Trinajstić information content (AvgIpc) is 3.39. The van der Waals surface area contributed by atoms with Gasteiger partial charge in [0.15, 0.2) is 28.8 Å². The highest BCUT2D eigenvalue weighted by molar-refractivity contribution is 8.27. The molecule has 0 radical (unpaired) electrons. The molecule has 1 fully saturated rings. The van der Waals surface area contributed by atoms with E-state index in [1.165, 1.54) is 43.1 Å². The number of hydrogen-bond acceptors (Lipinski definition) is 8. The minimum atomic E-state index is -0.484. The van der Waals surface area contributed by atoms with E-state index in [1.54, 1.807) is 25.3 Å². The molecule has 204 valence electrons. The van der Waals surface area contributed by atoms with Crippen LogP contribution in [0.25, 0.3) is 6.08 Å². The minimum absolute atomic E-state index is 0.00721. The molecule has 1 N–H and O–H groups in total. The lowest BCUT2D eigenvalue weighted by molar-refractivity contribution is -0.114. The van der Waals surface area contributed by atoms with Gasteiger partial charge >= 0.3 is 0 Å². The van der Waals surface area contributed by atoms with Gasteiger partial charge in [0.05, 0.1) is 24.8 Å². The third-order valence-corrected chi connectivity index (χ3v) is 8.00. The molecule has 3 aliphatic rings. The quantitative estimate of drug-likeness (QED) is 0.291. The highest BCUT2D eigenvalue weighted by atomic mass is 35.5. The Morgan fingerprint density at radius 2 is 1.77 bits per heavy atom. The van der Waals surface area contributed by atoms with Crippen molar-refractivity contribution >= 4 is 51.4 Å². The molecule has 11 heteroatoms. The Morgan fingerprint density at radius 3 is 2.51 bits per heavy atom. The molecule has 0 aromatic heterocycles. The summed E-state index contributed by atoms with van der Waals surface area (Å²) >= 11 is 7.94. The summed E-state index contributed by atoms with van der Waals surface area (Å²) < 4.78 is 22.4. The first-order valence-electron chi connectivity index (χ1n) is 12.7. The fraction of sp³-hybridized carbons (Fsp3) is 0.357.